The molecule has 1 saturated heterocycles. The van der Waals surface area contributed by atoms with E-state index >= 15 is 0 Å². The molecule has 2 rings (SSSR count). The molecule has 76 valence electrons. The van der Waals surface area contributed by atoms with Crippen LogP contribution in [0.5, 0.6) is 0 Å². The normalized spacial score (nSPS) is 41.5. The van der Waals surface area contributed by atoms with Crippen LogP contribution in [0.4, 0.5) is 0 Å². The van der Waals surface area contributed by atoms with Crippen LogP contribution < -0.4 is 0 Å². The van der Waals surface area contributed by atoms with Gasteiger partial charge in [0.15, 0.2) is 0 Å². The van der Waals surface area contributed by atoms with Crippen LogP contribution in [0, 0.1) is 11.8 Å². The number of nitrogens with zero attached hydrogens (tertiary/aromatic N) is 1. The Morgan fingerprint density at radius 2 is 2.38 bits per heavy atom. The van der Waals surface area contributed by atoms with Crippen LogP contribution >= 0.6 is 11.8 Å². The van der Waals surface area contributed by atoms with Crippen LogP contribution in [0.15, 0.2) is 0 Å². The summed E-state index contributed by atoms with van der Waals surface area (Å²) in [4.78, 5) is 2.59. The van der Waals surface area contributed by atoms with E-state index in [0.29, 0.717) is 18.6 Å². The summed E-state index contributed by atoms with van der Waals surface area (Å²) in [5.74, 6) is 4.01. The molecule has 2 nitrogen and oxygen atoms in total. The lowest BCUT2D eigenvalue weighted by Crippen LogP contribution is -2.32. The number of aliphatic hydroxyl groups excluding tert-OH is 1. The third-order valence-electron chi connectivity index (χ3n) is 3.06. The first-order chi connectivity index (χ1) is 6.31. The molecule has 0 bridgehead atoms. The molecule has 13 heavy (non-hydrogen) atoms. The van der Waals surface area contributed by atoms with Gasteiger partial charge in [0.2, 0.25) is 0 Å². The zero-order valence-electron chi connectivity index (χ0n) is 8.28. The molecule has 0 radical (unpaired) electrons. The molecule has 1 N–H and O–H groups in total. The Balaban J connectivity index is 1.84. The molecule has 0 aromatic rings. The second-order valence-corrected chi connectivity index (χ2v) is 5.57. The quantitative estimate of drug-likeness (QED) is 0.722. The van der Waals surface area contributed by atoms with Crippen molar-refractivity contribution in [2.75, 3.05) is 31.2 Å². The molecule has 2 aliphatic rings. The van der Waals surface area contributed by atoms with Crippen molar-refractivity contribution in [2.45, 2.75) is 19.4 Å². The smallest absolute Gasteiger partial charge is 0.0474 e. The lowest BCUT2D eigenvalue weighted by atomic mass is 10.2. The fourth-order valence-corrected chi connectivity index (χ4v) is 3.22. The number of hydrogen-bond donors (Lipinski definition) is 1. The van der Waals surface area contributed by atoms with Crippen molar-refractivity contribution in [3.63, 3.8) is 0 Å². The third kappa shape index (κ3) is 2.39. The first kappa shape index (κ1) is 9.81. The predicted molar refractivity (Wildman–Crippen MR) is 57.0 cm³/mol. The van der Waals surface area contributed by atoms with Crippen molar-refractivity contribution < 1.29 is 5.11 Å². The molecular formula is C10H19NOS. The van der Waals surface area contributed by atoms with E-state index < -0.39 is 0 Å². The largest absolute Gasteiger partial charge is 0.396 e. The van der Waals surface area contributed by atoms with Gasteiger partial charge in [0.1, 0.15) is 0 Å². The second-order valence-electron chi connectivity index (χ2n) is 4.42. The SMILES string of the molecule is CC1CSCCN(C2CC2CO)C1. The van der Waals surface area contributed by atoms with Gasteiger partial charge in [0.05, 0.1) is 0 Å². The van der Waals surface area contributed by atoms with Crippen molar-refractivity contribution in [3.8, 4) is 0 Å². The highest BCUT2D eigenvalue weighted by Crippen LogP contribution is 2.36. The van der Waals surface area contributed by atoms with Crippen LogP contribution in [0.3, 0.4) is 0 Å². The Kier molecular flexibility index (Phi) is 3.17. The summed E-state index contributed by atoms with van der Waals surface area (Å²) >= 11 is 2.08. The monoisotopic (exact) mass is 201 g/mol. The topological polar surface area (TPSA) is 23.5 Å². The van der Waals surface area contributed by atoms with Crippen LogP contribution in [-0.4, -0.2) is 47.3 Å². The molecule has 0 aromatic carbocycles. The van der Waals surface area contributed by atoms with Gasteiger partial charge in [-0.3, -0.25) is 4.90 Å². The Hall–Kier alpha value is 0.270. The van der Waals surface area contributed by atoms with E-state index in [4.69, 9.17) is 5.11 Å². The van der Waals surface area contributed by atoms with Crippen molar-refractivity contribution in [1.29, 1.82) is 0 Å². The zero-order chi connectivity index (χ0) is 9.26. The lowest BCUT2D eigenvalue weighted by molar-refractivity contribution is 0.211. The highest BCUT2D eigenvalue weighted by Gasteiger charge is 2.41. The molecule has 3 atom stereocenters. The second kappa shape index (κ2) is 4.20. The van der Waals surface area contributed by atoms with E-state index in [9.17, 15) is 0 Å². The van der Waals surface area contributed by atoms with E-state index in [1.807, 2.05) is 0 Å². The Morgan fingerprint density at radius 3 is 3.08 bits per heavy atom. The summed E-state index contributed by atoms with van der Waals surface area (Å²) in [6.45, 7) is 5.20. The molecule has 0 aromatic heterocycles. The van der Waals surface area contributed by atoms with Gasteiger partial charge >= 0.3 is 0 Å². The van der Waals surface area contributed by atoms with E-state index in [-0.39, 0.29) is 0 Å². The Labute approximate surface area is 84.7 Å². The molecule has 1 heterocycles. The van der Waals surface area contributed by atoms with E-state index in [1.54, 1.807) is 0 Å². The van der Waals surface area contributed by atoms with Crippen molar-refractivity contribution in [3.05, 3.63) is 0 Å². The highest BCUT2D eigenvalue weighted by molar-refractivity contribution is 7.99. The van der Waals surface area contributed by atoms with Gasteiger partial charge in [-0.2, -0.15) is 11.8 Å². The standard InChI is InChI=1S/C10H19NOS/c1-8-5-11(2-3-13-7-8)10-4-9(10)6-12/h8-10,12H,2-7H2,1H3. The third-order valence-corrected chi connectivity index (χ3v) is 4.34. The summed E-state index contributed by atoms with van der Waals surface area (Å²) in [7, 11) is 0. The maximum absolute atomic E-state index is 9.01. The number of thioether (sulfide) groups is 1. The number of hydrogen-bond acceptors (Lipinski definition) is 3. The van der Waals surface area contributed by atoms with Crippen LogP contribution in [0.2, 0.25) is 0 Å². The summed E-state index contributed by atoms with van der Waals surface area (Å²) in [6, 6.07) is 0.714. The minimum absolute atomic E-state index is 0.392. The van der Waals surface area contributed by atoms with Crippen molar-refractivity contribution in [1.82, 2.24) is 4.90 Å². The van der Waals surface area contributed by atoms with Gasteiger partial charge in [-0.1, -0.05) is 6.92 Å². The van der Waals surface area contributed by atoms with Crippen LogP contribution in [0.25, 0.3) is 0 Å². The van der Waals surface area contributed by atoms with Gasteiger partial charge in [-0.15, -0.1) is 0 Å². The summed E-state index contributed by atoms with van der Waals surface area (Å²) in [6.07, 6.45) is 1.23. The number of rotatable bonds is 2. The van der Waals surface area contributed by atoms with Gasteiger partial charge in [-0.05, 0) is 24.0 Å². The molecule has 3 heteroatoms. The molecule has 1 saturated carbocycles. The van der Waals surface area contributed by atoms with Crippen molar-refractivity contribution in [2.24, 2.45) is 11.8 Å². The maximum Gasteiger partial charge on any atom is 0.0474 e. The van der Waals surface area contributed by atoms with Gasteiger partial charge in [0.25, 0.3) is 0 Å². The Morgan fingerprint density at radius 1 is 1.54 bits per heavy atom. The Bertz CT molecular complexity index is 176. The zero-order valence-corrected chi connectivity index (χ0v) is 9.09. The minimum Gasteiger partial charge on any atom is -0.396 e. The van der Waals surface area contributed by atoms with Crippen LogP contribution in [-0.2, 0) is 0 Å². The molecule has 1 aliphatic carbocycles. The van der Waals surface area contributed by atoms with E-state index in [0.717, 1.165) is 5.92 Å². The van der Waals surface area contributed by atoms with E-state index in [2.05, 4.69) is 23.6 Å². The summed E-state index contributed by atoms with van der Waals surface area (Å²) < 4.78 is 0. The fraction of sp³-hybridized carbons (Fsp3) is 1.00. The van der Waals surface area contributed by atoms with E-state index in [1.165, 1.54) is 31.0 Å². The summed E-state index contributed by atoms with van der Waals surface area (Å²) in [5, 5.41) is 9.01. The predicted octanol–water partition coefficient (Wildman–Crippen LogP) is 1.05. The van der Waals surface area contributed by atoms with Gasteiger partial charge in [-0.25, -0.2) is 0 Å². The molecular weight excluding hydrogens is 182 g/mol. The molecule has 1 aliphatic heterocycles. The molecule has 2 fully saturated rings. The first-order valence-corrected chi connectivity index (χ1v) is 6.39. The van der Waals surface area contributed by atoms with Gasteiger partial charge in [0, 0.05) is 31.5 Å². The summed E-state index contributed by atoms with van der Waals surface area (Å²) in [5.41, 5.74) is 0. The van der Waals surface area contributed by atoms with Crippen LogP contribution in [0.1, 0.15) is 13.3 Å². The number of aliphatic hydroxyl groups is 1. The van der Waals surface area contributed by atoms with Gasteiger partial charge < -0.3 is 5.11 Å². The first-order valence-electron chi connectivity index (χ1n) is 5.24. The minimum atomic E-state index is 0.392. The maximum atomic E-state index is 9.01. The fourth-order valence-electron chi connectivity index (χ4n) is 2.19. The molecule has 0 spiro atoms. The van der Waals surface area contributed by atoms with Crippen molar-refractivity contribution >= 4 is 11.8 Å². The molecule has 3 unspecified atom stereocenters. The lowest BCUT2D eigenvalue weighted by Gasteiger charge is -2.21. The molecule has 0 amide bonds. The average molecular weight is 201 g/mol. The highest BCUT2D eigenvalue weighted by atomic mass is 32.2. The average Bonchev–Trinajstić information content (AvgIpc) is 2.87.